The number of nitrogens with zero attached hydrogens (tertiary/aromatic N) is 5. The summed E-state index contributed by atoms with van der Waals surface area (Å²) in [6.07, 6.45) is -4.21. The lowest BCUT2D eigenvalue weighted by atomic mass is 9.99. The molecule has 4 N–H and O–H groups in total. The Balaban J connectivity index is 1.54. The summed E-state index contributed by atoms with van der Waals surface area (Å²) in [4.78, 5) is 33.5. The van der Waals surface area contributed by atoms with Gasteiger partial charge in [-0.3, -0.25) is 15.0 Å². The Morgan fingerprint density at radius 1 is 1.24 bits per heavy atom. The maximum atomic E-state index is 13.3. The van der Waals surface area contributed by atoms with Crippen LogP contribution in [0.5, 0.6) is 5.88 Å². The summed E-state index contributed by atoms with van der Waals surface area (Å²) in [5, 5.41) is 30.4. The third-order valence-electron chi connectivity index (χ3n) is 5.98. The van der Waals surface area contributed by atoms with E-state index in [1.54, 1.807) is 6.07 Å². The number of piperidine rings is 1. The Kier molecular flexibility index (Phi) is 7.63. The number of nitrogens with one attached hydrogen (secondary N) is 2. The summed E-state index contributed by atoms with van der Waals surface area (Å²) in [6, 6.07) is 2.81. The molecule has 0 aliphatic carbocycles. The molecule has 2 aliphatic rings. The van der Waals surface area contributed by atoms with Crippen molar-refractivity contribution in [2.45, 2.75) is 44.1 Å². The fourth-order valence-electron chi connectivity index (χ4n) is 4.03. The Hall–Kier alpha value is -3.72. The van der Waals surface area contributed by atoms with Crippen molar-refractivity contribution in [1.82, 2.24) is 20.5 Å². The van der Waals surface area contributed by atoms with Gasteiger partial charge < -0.3 is 25.2 Å². The topological polar surface area (TPSA) is 153 Å². The van der Waals surface area contributed by atoms with E-state index in [9.17, 15) is 27.9 Å². The van der Waals surface area contributed by atoms with Gasteiger partial charge in [0.05, 0.1) is 18.3 Å². The van der Waals surface area contributed by atoms with Crippen LogP contribution in [-0.2, 0) is 0 Å². The molecule has 37 heavy (non-hydrogen) atoms. The van der Waals surface area contributed by atoms with Crippen LogP contribution in [0, 0.1) is 0 Å². The molecule has 4 rings (SSSR count). The van der Waals surface area contributed by atoms with Gasteiger partial charge in [-0.1, -0.05) is 0 Å². The first kappa shape index (κ1) is 26.3. The highest BCUT2D eigenvalue weighted by molar-refractivity contribution is 6.04. The number of carbonyl (C=O) groups excluding carboxylic acids is 2. The van der Waals surface area contributed by atoms with Crippen LogP contribution in [0.2, 0.25) is 0 Å². The smallest absolute Gasteiger partial charge is 0.408 e. The van der Waals surface area contributed by atoms with Gasteiger partial charge in [0, 0.05) is 19.2 Å². The zero-order chi connectivity index (χ0) is 26.7. The van der Waals surface area contributed by atoms with Gasteiger partial charge in [-0.2, -0.15) is 13.2 Å². The largest absolute Gasteiger partial charge is 0.474 e. The van der Waals surface area contributed by atoms with E-state index in [-0.39, 0.29) is 35.9 Å². The van der Waals surface area contributed by atoms with Gasteiger partial charge in [0.1, 0.15) is 24.4 Å². The molecule has 2 aromatic rings. The number of aromatic nitrogens is 3. The van der Waals surface area contributed by atoms with Gasteiger partial charge in [0.2, 0.25) is 5.88 Å². The van der Waals surface area contributed by atoms with Gasteiger partial charge in [-0.15, -0.1) is 10.2 Å². The quantitative estimate of drug-likeness (QED) is 0.419. The predicted octanol–water partition coefficient (Wildman–Crippen LogP) is 1.31. The van der Waals surface area contributed by atoms with Gasteiger partial charge in [0.15, 0.2) is 11.6 Å². The van der Waals surface area contributed by atoms with Crippen LogP contribution in [0.15, 0.2) is 24.3 Å². The number of pyridine rings is 1. The van der Waals surface area contributed by atoms with Crippen molar-refractivity contribution in [3.8, 4) is 5.88 Å². The zero-order valence-corrected chi connectivity index (χ0v) is 19.8. The highest BCUT2D eigenvalue weighted by atomic mass is 19.4. The third-order valence-corrected chi connectivity index (χ3v) is 5.98. The molecule has 1 fully saturated rings. The number of alkyl halides is 3. The number of fused-ring (bicyclic) bond motifs is 4. The maximum Gasteiger partial charge on any atom is 0.408 e. The Bertz CT molecular complexity index is 1130. The number of hydrogen-bond acceptors (Lipinski definition) is 9. The molecule has 0 aromatic carbocycles. The number of carbonyl (C=O) groups is 2. The van der Waals surface area contributed by atoms with E-state index in [0.29, 0.717) is 18.7 Å². The van der Waals surface area contributed by atoms with Crippen LogP contribution in [-0.4, -0.2) is 88.0 Å². The number of amides is 3. The number of hydrogen-bond donors (Lipinski definition) is 4. The first-order valence-corrected chi connectivity index (χ1v) is 11.6. The molecule has 4 heterocycles. The van der Waals surface area contributed by atoms with Gasteiger partial charge in [0.25, 0.3) is 5.91 Å². The molecule has 12 nitrogen and oxygen atoms in total. The highest BCUT2D eigenvalue weighted by Gasteiger charge is 2.40. The standard InChI is InChI=1S/C22H26F3N7O5/c1-12(22(23,24)25)26-20(35)15-4-5-16-19(27-15)32(13-3-2-8-31(16)9-13)21(36)28-17-6-7-18(30-29-17)37-11-14(34)10-33/h4-7,12-14,33-34H,2-3,8-11H2,1H3,(H,26,35)(H,28,29,36)/t12-,13+,14-/m1/s1. The maximum absolute atomic E-state index is 13.3. The summed E-state index contributed by atoms with van der Waals surface area (Å²) in [5.41, 5.74) is 0.337. The van der Waals surface area contributed by atoms with Crippen LogP contribution in [0.25, 0.3) is 0 Å². The van der Waals surface area contributed by atoms with Crippen molar-refractivity contribution in [2.24, 2.45) is 0 Å². The van der Waals surface area contributed by atoms with Crippen molar-refractivity contribution in [1.29, 1.82) is 0 Å². The first-order chi connectivity index (χ1) is 17.6. The lowest BCUT2D eigenvalue weighted by Gasteiger charge is -2.45. The average molecular weight is 525 g/mol. The van der Waals surface area contributed by atoms with E-state index in [1.807, 2.05) is 10.2 Å². The second kappa shape index (κ2) is 10.7. The fraction of sp³-hybridized carbons (Fsp3) is 0.500. The van der Waals surface area contributed by atoms with Crippen molar-refractivity contribution in [3.05, 3.63) is 30.0 Å². The summed E-state index contributed by atoms with van der Waals surface area (Å²) in [5.74, 6) is -0.687. The predicted molar refractivity (Wildman–Crippen MR) is 125 cm³/mol. The summed E-state index contributed by atoms with van der Waals surface area (Å²) < 4.78 is 43.9. The van der Waals surface area contributed by atoms with Crippen molar-refractivity contribution < 1.29 is 37.7 Å². The van der Waals surface area contributed by atoms with E-state index in [4.69, 9.17) is 9.84 Å². The minimum absolute atomic E-state index is 0.0714. The van der Waals surface area contributed by atoms with Crippen LogP contribution in [0.4, 0.5) is 35.3 Å². The first-order valence-electron chi connectivity index (χ1n) is 11.6. The van der Waals surface area contributed by atoms with E-state index in [0.717, 1.165) is 19.9 Å². The number of urea groups is 1. The Labute approximate surface area is 209 Å². The molecule has 3 amide bonds. The summed E-state index contributed by atoms with van der Waals surface area (Å²) >= 11 is 0. The molecule has 15 heteroatoms. The van der Waals surface area contributed by atoms with E-state index in [2.05, 4.69) is 20.5 Å². The molecular weight excluding hydrogens is 499 g/mol. The van der Waals surface area contributed by atoms with Gasteiger partial charge in [-0.05, 0) is 38.0 Å². The van der Waals surface area contributed by atoms with Gasteiger partial charge >= 0.3 is 12.2 Å². The molecule has 2 aliphatic heterocycles. The number of anilines is 3. The van der Waals surface area contributed by atoms with Crippen LogP contribution >= 0.6 is 0 Å². The number of aliphatic hydroxyl groups is 2. The van der Waals surface area contributed by atoms with Crippen LogP contribution in [0.1, 0.15) is 30.3 Å². The average Bonchev–Trinajstić information content (AvgIpc) is 2.87. The van der Waals surface area contributed by atoms with E-state index >= 15 is 0 Å². The summed E-state index contributed by atoms with van der Waals surface area (Å²) in [6.45, 7) is 1.41. The molecule has 200 valence electrons. The van der Waals surface area contributed by atoms with E-state index < -0.39 is 36.9 Å². The fourth-order valence-corrected chi connectivity index (χ4v) is 4.03. The lowest BCUT2D eigenvalue weighted by Crippen LogP contribution is -2.56. The minimum atomic E-state index is -4.61. The van der Waals surface area contributed by atoms with E-state index in [1.165, 1.54) is 23.1 Å². The Morgan fingerprint density at radius 2 is 2.03 bits per heavy atom. The molecule has 0 radical (unpaired) electrons. The van der Waals surface area contributed by atoms with Crippen LogP contribution < -0.4 is 25.2 Å². The number of ether oxygens (including phenoxy) is 1. The molecule has 1 saturated heterocycles. The minimum Gasteiger partial charge on any atom is -0.474 e. The number of halogens is 3. The third kappa shape index (κ3) is 5.99. The Morgan fingerprint density at radius 3 is 2.70 bits per heavy atom. The molecule has 0 spiro atoms. The second-order valence-corrected chi connectivity index (χ2v) is 8.72. The number of rotatable bonds is 7. The molecule has 3 atom stereocenters. The molecule has 0 saturated carbocycles. The van der Waals surface area contributed by atoms with Crippen molar-refractivity contribution >= 4 is 29.3 Å². The SMILES string of the molecule is C[C@@H](NC(=O)c1ccc2c(n1)N(C(=O)Nc1ccc(OC[C@H](O)CO)nn1)[C@H]1CCCN2C1)C(F)(F)F. The molecule has 0 unspecified atom stereocenters. The van der Waals surface area contributed by atoms with Crippen LogP contribution in [0.3, 0.4) is 0 Å². The lowest BCUT2D eigenvalue weighted by molar-refractivity contribution is -0.149. The molecule has 2 bridgehead atoms. The number of aliphatic hydroxyl groups excluding tert-OH is 2. The monoisotopic (exact) mass is 525 g/mol. The van der Waals surface area contributed by atoms with Crippen molar-refractivity contribution in [3.63, 3.8) is 0 Å². The molecular formula is C22H26F3N7O5. The summed E-state index contributed by atoms with van der Waals surface area (Å²) in [7, 11) is 0. The normalized spacial score (nSPS) is 18.5. The molecule has 2 aromatic heterocycles. The van der Waals surface area contributed by atoms with Crippen molar-refractivity contribution in [2.75, 3.05) is 41.4 Å². The second-order valence-electron chi connectivity index (χ2n) is 8.72. The zero-order valence-electron chi connectivity index (χ0n) is 19.8. The highest BCUT2D eigenvalue weighted by Crippen LogP contribution is 2.38. The van der Waals surface area contributed by atoms with Gasteiger partial charge in [-0.25, -0.2) is 9.78 Å².